The zero-order valence-corrected chi connectivity index (χ0v) is 16.3. The van der Waals surface area contributed by atoms with Crippen LogP contribution in [0, 0.1) is 23.1 Å². The van der Waals surface area contributed by atoms with Crippen LogP contribution in [0.5, 0.6) is 0 Å². The number of hydrogen-bond acceptors (Lipinski definition) is 4. The molecule has 146 valence electrons. The third kappa shape index (κ3) is 4.01. The fourth-order valence-corrected chi connectivity index (χ4v) is 3.94. The van der Waals surface area contributed by atoms with E-state index in [4.69, 9.17) is 11.6 Å². The molecule has 0 unspecified atom stereocenters. The van der Waals surface area contributed by atoms with Crippen LogP contribution in [0.2, 0.25) is 5.02 Å². The molecular formula is C22H18ClFN4O. The van der Waals surface area contributed by atoms with Crippen molar-refractivity contribution in [3.05, 3.63) is 65.1 Å². The van der Waals surface area contributed by atoms with Crippen molar-refractivity contribution in [3.8, 4) is 6.07 Å². The Bertz CT molecular complexity index is 1120. The largest absolute Gasteiger partial charge is 0.370 e. The molecule has 1 saturated heterocycles. The van der Waals surface area contributed by atoms with Crippen LogP contribution in [-0.2, 0) is 4.79 Å². The Balaban J connectivity index is 1.52. The molecule has 3 aromatic rings. The third-order valence-electron chi connectivity index (χ3n) is 5.20. The Hall–Kier alpha value is -3.17. The summed E-state index contributed by atoms with van der Waals surface area (Å²) < 4.78 is 13.8. The highest BCUT2D eigenvalue weighted by molar-refractivity contribution is 6.30. The molecule has 5 nitrogen and oxygen atoms in total. The lowest BCUT2D eigenvalue weighted by Gasteiger charge is -2.34. The van der Waals surface area contributed by atoms with Crippen molar-refractivity contribution < 1.29 is 9.18 Å². The molecule has 1 aromatic heterocycles. The summed E-state index contributed by atoms with van der Waals surface area (Å²) in [4.78, 5) is 18.9. The van der Waals surface area contributed by atoms with Crippen molar-refractivity contribution in [2.75, 3.05) is 23.3 Å². The van der Waals surface area contributed by atoms with E-state index < -0.39 is 0 Å². The maximum Gasteiger partial charge on any atom is 0.227 e. The number of carbonyl (C=O) groups is 1. The molecular weight excluding hydrogens is 391 g/mol. The highest BCUT2D eigenvalue weighted by Gasteiger charge is 2.27. The summed E-state index contributed by atoms with van der Waals surface area (Å²) in [5, 5.41) is 13.6. The minimum absolute atomic E-state index is 0.0435. The highest BCUT2D eigenvalue weighted by atomic mass is 35.5. The predicted molar refractivity (Wildman–Crippen MR) is 111 cm³/mol. The predicted octanol–water partition coefficient (Wildman–Crippen LogP) is 4.75. The first kappa shape index (κ1) is 19.2. The Kier molecular flexibility index (Phi) is 5.32. The smallest absolute Gasteiger partial charge is 0.227 e. The standard InChI is InChI=1S/C22H18ClFN4O/c23-16-2-1-3-18(10-16)27-22(29)14-6-8-28(9-7-14)21-15(12-25)13-26-20-5-4-17(24)11-19(20)21/h1-5,10-11,13-14H,6-9H2,(H,27,29). The molecule has 1 aliphatic heterocycles. The molecule has 1 aliphatic rings. The lowest BCUT2D eigenvalue weighted by molar-refractivity contribution is -0.120. The van der Waals surface area contributed by atoms with E-state index in [1.54, 1.807) is 30.3 Å². The van der Waals surface area contributed by atoms with Crippen LogP contribution in [0.4, 0.5) is 15.8 Å². The fourth-order valence-electron chi connectivity index (χ4n) is 3.75. The van der Waals surface area contributed by atoms with Gasteiger partial charge >= 0.3 is 0 Å². The molecule has 0 spiro atoms. The number of carbonyl (C=O) groups excluding carboxylic acids is 1. The van der Waals surface area contributed by atoms with Crippen molar-refractivity contribution in [1.29, 1.82) is 5.26 Å². The molecule has 1 N–H and O–H groups in total. The van der Waals surface area contributed by atoms with Gasteiger partial charge in [-0.05, 0) is 49.2 Å². The monoisotopic (exact) mass is 408 g/mol. The van der Waals surface area contributed by atoms with Gasteiger partial charge < -0.3 is 10.2 Å². The molecule has 0 atom stereocenters. The normalized spacial score (nSPS) is 14.6. The summed E-state index contributed by atoms with van der Waals surface area (Å²) in [6.45, 7) is 1.19. The Morgan fingerprint density at radius 1 is 1.24 bits per heavy atom. The summed E-state index contributed by atoms with van der Waals surface area (Å²) in [6.07, 6.45) is 2.79. The molecule has 1 amide bonds. The van der Waals surface area contributed by atoms with Gasteiger partial charge in [0, 0.05) is 41.3 Å². The van der Waals surface area contributed by atoms with Gasteiger partial charge in [0.15, 0.2) is 0 Å². The minimum Gasteiger partial charge on any atom is -0.370 e. The number of hydrogen-bond donors (Lipinski definition) is 1. The van der Waals surface area contributed by atoms with Crippen molar-refractivity contribution in [3.63, 3.8) is 0 Å². The minimum atomic E-state index is -0.369. The molecule has 2 heterocycles. The van der Waals surface area contributed by atoms with Gasteiger partial charge in [-0.2, -0.15) is 5.26 Å². The van der Waals surface area contributed by atoms with Crippen molar-refractivity contribution >= 4 is 39.8 Å². The third-order valence-corrected chi connectivity index (χ3v) is 5.43. The maximum atomic E-state index is 13.8. The molecule has 4 rings (SSSR count). The van der Waals surface area contributed by atoms with Gasteiger partial charge in [-0.1, -0.05) is 17.7 Å². The van der Waals surface area contributed by atoms with E-state index in [1.165, 1.54) is 18.3 Å². The first-order valence-corrected chi connectivity index (χ1v) is 9.72. The summed E-state index contributed by atoms with van der Waals surface area (Å²) in [5.41, 5.74) is 2.41. The lowest BCUT2D eigenvalue weighted by Crippen LogP contribution is -2.38. The van der Waals surface area contributed by atoms with Crippen LogP contribution in [0.15, 0.2) is 48.7 Å². The van der Waals surface area contributed by atoms with Crippen LogP contribution in [0.25, 0.3) is 10.9 Å². The number of piperidine rings is 1. The first-order valence-electron chi connectivity index (χ1n) is 9.35. The zero-order valence-electron chi connectivity index (χ0n) is 15.5. The van der Waals surface area contributed by atoms with Gasteiger partial charge in [0.05, 0.1) is 16.8 Å². The first-order chi connectivity index (χ1) is 14.0. The molecule has 0 aliphatic carbocycles. The number of nitrogens with zero attached hydrogens (tertiary/aromatic N) is 3. The number of fused-ring (bicyclic) bond motifs is 1. The van der Waals surface area contributed by atoms with E-state index in [-0.39, 0.29) is 17.6 Å². The topological polar surface area (TPSA) is 69.0 Å². The van der Waals surface area contributed by atoms with Gasteiger partial charge in [-0.25, -0.2) is 4.39 Å². The number of benzene rings is 2. The van der Waals surface area contributed by atoms with E-state index in [9.17, 15) is 14.4 Å². The van der Waals surface area contributed by atoms with Gasteiger partial charge in [-0.15, -0.1) is 0 Å². The summed E-state index contributed by atoms with van der Waals surface area (Å²) in [6, 6.07) is 13.6. The second-order valence-corrected chi connectivity index (χ2v) is 7.49. The van der Waals surface area contributed by atoms with E-state index in [1.807, 2.05) is 4.90 Å². The number of pyridine rings is 1. The number of anilines is 2. The van der Waals surface area contributed by atoms with Gasteiger partial charge in [0.25, 0.3) is 0 Å². The number of nitriles is 1. The number of halogens is 2. The number of rotatable bonds is 3. The lowest BCUT2D eigenvalue weighted by atomic mass is 9.94. The van der Waals surface area contributed by atoms with Crippen molar-refractivity contribution in [1.82, 2.24) is 4.98 Å². The molecule has 1 fully saturated rings. The van der Waals surface area contributed by atoms with E-state index in [0.29, 0.717) is 58.8 Å². The van der Waals surface area contributed by atoms with Crippen LogP contribution >= 0.6 is 11.6 Å². The van der Waals surface area contributed by atoms with Gasteiger partial charge in [0.1, 0.15) is 11.9 Å². The summed E-state index contributed by atoms with van der Waals surface area (Å²) in [7, 11) is 0. The SMILES string of the molecule is N#Cc1cnc2ccc(F)cc2c1N1CCC(C(=O)Nc2cccc(Cl)c2)CC1. The number of amides is 1. The maximum absolute atomic E-state index is 13.8. The fraction of sp³-hybridized carbons (Fsp3) is 0.227. The second kappa shape index (κ2) is 8.06. The van der Waals surface area contributed by atoms with E-state index in [0.717, 1.165) is 0 Å². The molecule has 0 saturated carbocycles. The molecule has 2 aromatic carbocycles. The van der Waals surface area contributed by atoms with Gasteiger partial charge in [-0.3, -0.25) is 9.78 Å². The number of aromatic nitrogens is 1. The number of nitrogens with one attached hydrogen (secondary N) is 1. The Labute approximate surface area is 172 Å². The average Bonchev–Trinajstić information content (AvgIpc) is 2.73. The van der Waals surface area contributed by atoms with Crippen molar-refractivity contribution in [2.24, 2.45) is 5.92 Å². The quantitative estimate of drug-likeness (QED) is 0.678. The Morgan fingerprint density at radius 3 is 2.76 bits per heavy atom. The average molecular weight is 409 g/mol. The van der Waals surface area contributed by atoms with Crippen LogP contribution in [0.3, 0.4) is 0 Å². The Morgan fingerprint density at radius 2 is 2.03 bits per heavy atom. The van der Waals surface area contributed by atoms with Crippen LogP contribution < -0.4 is 10.2 Å². The van der Waals surface area contributed by atoms with Crippen LogP contribution in [0.1, 0.15) is 18.4 Å². The highest BCUT2D eigenvalue weighted by Crippen LogP contribution is 2.33. The van der Waals surface area contributed by atoms with E-state index >= 15 is 0 Å². The summed E-state index contributed by atoms with van der Waals surface area (Å²) in [5.74, 6) is -0.551. The summed E-state index contributed by atoms with van der Waals surface area (Å²) >= 11 is 5.97. The van der Waals surface area contributed by atoms with E-state index in [2.05, 4.69) is 16.4 Å². The van der Waals surface area contributed by atoms with Gasteiger partial charge in [0.2, 0.25) is 5.91 Å². The van der Waals surface area contributed by atoms with Crippen molar-refractivity contribution in [2.45, 2.75) is 12.8 Å². The zero-order chi connectivity index (χ0) is 20.4. The molecule has 0 radical (unpaired) electrons. The molecule has 29 heavy (non-hydrogen) atoms. The molecule has 7 heteroatoms. The second-order valence-electron chi connectivity index (χ2n) is 7.05. The molecule has 0 bridgehead atoms. The van der Waals surface area contributed by atoms with Crippen LogP contribution in [-0.4, -0.2) is 24.0 Å².